The molecule has 0 atom stereocenters. The first kappa shape index (κ1) is 17.7. The van der Waals surface area contributed by atoms with Crippen molar-refractivity contribution in [1.29, 1.82) is 5.26 Å². The van der Waals surface area contributed by atoms with Crippen LogP contribution in [0, 0.1) is 35.8 Å². The zero-order valence-electron chi connectivity index (χ0n) is 13.9. The number of carbonyl (C=O) groups is 1. The number of halogens is 2. The minimum Gasteiger partial charge on any atom is -0.503 e. The average molecular weight is 362 g/mol. The van der Waals surface area contributed by atoms with Gasteiger partial charge in [-0.1, -0.05) is 0 Å². The quantitative estimate of drug-likeness (QED) is 0.814. The predicted octanol–water partition coefficient (Wildman–Crippen LogP) is 2.69. The summed E-state index contributed by atoms with van der Waals surface area (Å²) < 4.78 is 31.9. The summed E-state index contributed by atoms with van der Waals surface area (Å²) in [5, 5.41) is 21.1. The Bertz CT molecular complexity index is 883. The second-order valence-electron chi connectivity index (χ2n) is 6.01. The summed E-state index contributed by atoms with van der Waals surface area (Å²) in [4.78, 5) is 18.2. The highest BCUT2D eigenvalue weighted by molar-refractivity contribution is 5.94. The van der Waals surface area contributed by atoms with E-state index in [0.717, 1.165) is 12.1 Å². The molecule has 2 heterocycles. The number of aromatic nitrogens is 1. The Morgan fingerprint density at radius 2 is 2.12 bits per heavy atom. The van der Waals surface area contributed by atoms with Gasteiger partial charge in [-0.05, 0) is 25.0 Å². The molecule has 1 aliphatic rings. The number of rotatable bonds is 3. The predicted molar refractivity (Wildman–Crippen MR) is 87.5 cm³/mol. The summed E-state index contributed by atoms with van der Waals surface area (Å²) in [6.45, 7) is 2.61. The molecular weight excluding hydrogens is 346 g/mol. The molecule has 1 fully saturated rings. The third kappa shape index (κ3) is 3.31. The monoisotopic (exact) mass is 362 g/mol. The Balaban J connectivity index is 1.64. The molecule has 7 nitrogen and oxygen atoms in total. The highest BCUT2D eigenvalue weighted by Gasteiger charge is 2.29. The highest BCUT2D eigenvalue weighted by atomic mass is 19.2. The van der Waals surface area contributed by atoms with Crippen molar-refractivity contribution < 1.29 is 23.1 Å². The van der Waals surface area contributed by atoms with E-state index in [0.29, 0.717) is 37.7 Å². The number of hydrogen-bond donors (Lipinski definition) is 2. The molecule has 9 heteroatoms. The van der Waals surface area contributed by atoms with Gasteiger partial charge in [-0.2, -0.15) is 9.65 Å². The van der Waals surface area contributed by atoms with Crippen molar-refractivity contribution in [2.75, 3.05) is 23.3 Å². The Morgan fingerprint density at radius 3 is 2.77 bits per heavy atom. The minimum absolute atomic E-state index is 0.172. The van der Waals surface area contributed by atoms with E-state index in [1.807, 2.05) is 11.0 Å². The maximum absolute atomic E-state index is 13.4. The number of hydrogen-bond acceptors (Lipinski definition) is 6. The molecule has 2 aromatic rings. The van der Waals surface area contributed by atoms with Crippen molar-refractivity contribution in [2.45, 2.75) is 19.8 Å². The Hall–Kier alpha value is -3.15. The molecule has 1 aromatic carbocycles. The number of carbonyl (C=O) groups excluding carboxylic acids is 1. The summed E-state index contributed by atoms with van der Waals surface area (Å²) in [6.07, 6.45) is 0.946. The summed E-state index contributed by atoms with van der Waals surface area (Å²) in [7, 11) is 0. The fourth-order valence-corrected chi connectivity index (χ4v) is 2.92. The van der Waals surface area contributed by atoms with E-state index in [-0.39, 0.29) is 23.2 Å². The van der Waals surface area contributed by atoms with Crippen LogP contribution in [0.1, 0.15) is 24.4 Å². The van der Waals surface area contributed by atoms with Crippen molar-refractivity contribution in [2.24, 2.45) is 5.92 Å². The smallest absolute Gasteiger partial charge is 0.234 e. The van der Waals surface area contributed by atoms with E-state index < -0.39 is 17.4 Å². The molecule has 26 heavy (non-hydrogen) atoms. The van der Waals surface area contributed by atoms with Gasteiger partial charge in [0.05, 0.1) is 5.69 Å². The van der Waals surface area contributed by atoms with Crippen LogP contribution < -0.4 is 10.2 Å². The van der Waals surface area contributed by atoms with Crippen LogP contribution in [-0.2, 0) is 4.79 Å². The number of oxazole rings is 1. The van der Waals surface area contributed by atoms with E-state index in [9.17, 15) is 18.7 Å². The first-order valence-electron chi connectivity index (χ1n) is 8.01. The van der Waals surface area contributed by atoms with E-state index in [1.165, 1.54) is 0 Å². The molecule has 1 aliphatic heterocycles. The van der Waals surface area contributed by atoms with Crippen LogP contribution in [0.5, 0.6) is 5.75 Å². The zero-order chi connectivity index (χ0) is 18.8. The second-order valence-corrected chi connectivity index (χ2v) is 6.01. The van der Waals surface area contributed by atoms with Gasteiger partial charge in [0, 0.05) is 25.9 Å². The maximum atomic E-state index is 13.4. The van der Waals surface area contributed by atoms with Gasteiger partial charge in [-0.15, -0.1) is 0 Å². The van der Waals surface area contributed by atoms with Gasteiger partial charge in [-0.25, -0.2) is 9.37 Å². The number of piperidine rings is 1. The number of phenols is 1. The topological polar surface area (TPSA) is 102 Å². The van der Waals surface area contributed by atoms with Gasteiger partial charge in [-0.3, -0.25) is 4.79 Å². The molecule has 1 amide bonds. The number of benzene rings is 1. The van der Waals surface area contributed by atoms with Gasteiger partial charge in [0.25, 0.3) is 0 Å². The molecule has 0 aliphatic carbocycles. The Kier molecular flexibility index (Phi) is 4.75. The zero-order valence-corrected chi connectivity index (χ0v) is 13.9. The SMILES string of the molecule is Cc1nc(C#N)c(N2CCC(C(=O)Nc3ccc(F)c(F)c3O)CC2)o1. The number of phenolic OH excluding ortho intramolecular Hbond substituents is 1. The van der Waals surface area contributed by atoms with Gasteiger partial charge in [0.15, 0.2) is 17.5 Å². The molecule has 136 valence electrons. The lowest BCUT2D eigenvalue weighted by Crippen LogP contribution is -2.38. The fraction of sp³-hybridized carbons (Fsp3) is 0.353. The molecule has 3 rings (SSSR count). The molecule has 1 aromatic heterocycles. The summed E-state index contributed by atoms with van der Waals surface area (Å²) in [6, 6.07) is 3.92. The van der Waals surface area contributed by atoms with Crippen molar-refractivity contribution in [3.63, 3.8) is 0 Å². The van der Waals surface area contributed by atoms with E-state index in [2.05, 4.69) is 10.3 Å². The number of nitriles is 1. The third-order valence-electron chi connectivity index (χ3n) is 4.30. The molecular formula is C17H16F2N4O3. The Morgan fingerprint density at radius 1 is 1.42 bits per heavy atom. The van der Waals surface area contributed by atoms with Crippen LogP contribution in [0.2, 0.25) is 0 Å². The molecule has 0 spiro atoms. The average Bonchev–Trinajstić information content (AvgIpc) is 3.03. The van der Waals surface area contributed by atoms with Crippen LogP contribution in [0.25, 0.3) is 0 Å². The lowest BCUT2D eigenvalue weighted by molar-refractivity contribution is -0.120. The molecule has 2 N–H and O–H groups in total. The standard InChI is InChI=1S/C17H16F2N4O3/c1-9-21-13(8-20)17(26-9)23-6-4-10(5-7-23)16(25)22-12-3-2-11(18)14(19)15(12)24/h2-3,10,24H,4-7H2,1H3,(H,22,25). The van der Waals surface area contributed by atoms with Crippen LogP contribution in [0.15, 0.2) is 16.5 Å². The van der Waals surface area contributed by atoms with Crippen molar-refractivity contribution >= 4 is 17.5 Å². The summed E-state index contributed by atoms with van der Waals surface area (Å²) in [5.74, 6) is -3.49. The number of anilines is 2. The fourth-order valence-electron chi connectivity index (χ4n) is 2.92. The number of aromatic hydroxyl groups is 1. The first-order chi connectivity index (χ1) is 12.4. The Labute approximate surface area is 147 Å². The lowest BCUT2D eigenvalue weighted by atomic mass is 9.95. The van der Waals surface area contributed by atoms with Gasteiger partial charge < -0.3 is 19.7 Å². The van der Waals surface area contributed by atoms with E-state index in [1.54, 1.807) is 6.92 Å². The molecule has 1 saturated heterocycles. The van der Waals surface area contributed by atoms with E-state index in [4.69, 9.17) is 9.68 Å². The molecule has 0 unspecified atom stereocenters. The molecule has 0 bridgehead atoms. The molecule has 0 saturated carbocycles. The van der Waals surface area contributed by atoms with Gasteiger partial charge >= 0.3 is 0 Å². The number of nitrogens with zero attached hydrogens (tertiary/aromatic N) is 3. The molecule has 0 radical (unpaired) electrons. The van der Waals surface area contributed by atoms with Gasteiger partial charge in [0.1, 0.15) is 6.07 Å². The number of aryl methyl sites for hydroxylation is 1. The van der Waals surface area contributed by atoms with Crippen LogP contribution >= 0.6 is 0 Å². The van der Waals surface area contributed by atoms with Crippen LogP contribution in [0.3, 0.4) is 0 Å². The third-order valence-corrected chi connectivity index (χ3v) is 4.30. The first-order valence-corrected chi connectivity index (χ1v) is 8.01. The van der Waals surface area contributed by atoms with Crippen molar-refractivity contribution in [1.82, 2.24) is 4.98 Å². The number of amides is 1. The van der Waals surface area contributed by atoms with Crippen molar-refractivity contribution in [3.8, 4) is 11.8 Å². The summed E-state index contributed by atoms with van der Waals surface area (Å²) >= 11 is 0. The van der Waals surface area contributed by atoms with E-state index >= 15 is 0 Å². The van der Waals surface area contributed by atoms with Crippen LogP contribution in [-0.4, -0.2) is 29.1 Å². The minimum atomic E-state index is -1.40. The van der Waals surface area contributed by atoms with Gasteiger partial charge in [0.2, 0.25) is 23.3 Å². The lowest BCUT2D eigenvalue weighted by Gasteiger charge is -2.31. The number of nitrogens with one attached hydrogen (secondary N) is 1. The maximum Gasteiger partial charge on any atom is 0.234 e. The highest BCUT2D eigenvalue weighted by Crippen LogP contribution is 2.31. The second kappa shape index (κ2) is 7.00. The normalized spacial score (nSPS) is 14.9. The van der Waals surface area contributed by atoms with Crippen molar-refractivity contribution in [3.05, 3.63) is 35.4 Å². The van der Waals surface area contributed by atoms with Crippen LogP contribution in [0.4, 0.5) is 20.4 Å². The largest absolute Gasteiger partial charge is 0.503 e. The summed E-state index contributed by atoms with van der Waals surface area (Å²) in [5.41, 5.74) is 0.0334.